The van der Waals surface area contributed by atoms with Crippen LogP contribution in [0.5, 0.6) is 0 Å². The van der Waals surface area contributed by atoms with Crippen molar-refractivity contribution in [3.05, 3.63) is 36.0 Å². The first-order valence-corrected chi connectivity index (χ1v) is 4.63. The van der Waals surface area contributed by atoms with Crippen LogP contribution in [0, 0.1) is 5.82 Å². The molecule has 0 saturated heterocycles. The van der Waals surface area contributed by atoms with Crippen LogP contribution in [0.4, 0.5) is 4.39 Å². The first-order valence-electron chi connectivity index (χ1n) is 4.63. The van der Waals surface area contributed by atoms with Crippen LogP contribution >= 0.6 is 0 Å². The van der Waals surface area contributed by atoms with Crippen molar-refractivity contribution in [2.75, 3.05) is 6.54 Å². The van der Waals surface area contributed by atoms with Gasteiger partial charge in [0.05, 0.1) is 0 Å². The zero-order valence-corrected chi connectivity index (χ0v) is 7.78. The van der Waals surface area contributed by atoms with Gasteiger partial charge in [-0.15, -0.1) is 0 Å². The fourth-order valence-electron chi connectivity index (χ4n) is 1.50. The van der Waals surface area contributed by atoms with Crippen LogP contribution in [-0.2, 0) is 6.42 Å². The third kappa shape index (κ3) is 1.48. The van der Waals surface area contributed by atoms with Crippen LogP contribution in [0.3, 0.4) is 0 Å². The van der Waals surface area contributed by atoms with E-state index >= 15 is 0 Å². The zero-order valence-electron chi connectivity index (χ0n) is 7.78. The normalized spacial score (nSPS) is 11.0. The summed E-state index contributed by atoms with van der Waals surface area (Å²) in [7, 11) is 0. The Labute approximate surface area is 81.4 Å². The second-order valence-electron chi connectivity index (χ2n) is 3.19. The lowest BCUT2D eigenvalue weighted by Gasteiger charge is -2.00. The molecule has 0 bridgehead atoms. The van der Waals surface area contributed by atoms with Crippen molar-refractivity contribution in [2.24, 2.45) is 5.73 Å². The van der Waals surface area contributed by atoms with E-state index in [1.165, 1.54) is 6.07 Å². The van der Waals surface area contributed by atoms with Crippen molar-refractivity contribution >= 4 is 5.65 Å². The highest BCUT2D eigenvalue weighted by Gasteiger charge is 2.05. The third-order valence-electron chi connectivity index (χ3n) is 2.20. The van der Waals surface area contributed by atoms with Crippen molar-refractivity contribution in [3.8, 4) is 0 Å². The fourth-order valence-corrected chi connectivity index (χ4v) is 1.50. The molecule has 4 heteroatoms. The third-order valence-corrected chi connectivity index (χ3v) is 2.20. The number of imidazole rings is 1. The Morgan fingerprint density at radius 3 is 3.14 bits per heavy atom. The van der Waals surface area contributed by atoms with Gasteiger partial charge in [0.15, 0.2) is 11.5 Å². The minimum atomic E-state index is -0.286. The van der Waals surface area contributed by atoms with Crippen LogP contribution in [0.25, 0.3) is 5.65 Å². The molecule has 0 saturated carbocycles. The molecule has 0 aliphatic heterocycles. The molecule has 0 atom stereocenters. The van der Waals surface area contributed by atoms with E-state index in [4.69, 9.17) is 5.73 Å². The number of aromatic nitrogens is 2. The molecule has 0 aliphatic carbocycles. The van der Waals surface area contributed by atoms with E-state index in [1.54, 1.807) is 16.7 Å². The molecule has 0 aromatic carbocycles. The van der Waals surface area contributed by atoms with Gasteiger partial charge < -0.3 is 10.1 Å². The van der Waals surface area contributed by atoms with E-state index in [0.29, 0.717) is 12.2 Å². The van der Waals surface area contributed by atoms with Crippen LogP contribution < -0.4 is 5.73 Å². The van der Waals surface area contributed by atoms with Gasteiger partial charge in [0, 0.05) is 18.1 Å². The topological polar surface area (TPSA) is 43.3 Å². The lowest BCUT2D eigenvalue weighted by atomic mass is 10.2. The largest absolute Gasteiger partial charge is 0.330 e. The number of rotatable bonds is 3. The Balaban J connectivity index is 2.42. The van der Waals surface area contributed by atoms with Crippen LogP contribution in [0.1, 0.15) is 12.1 Å². The molecule has 2 N–H and O–H groups in total. The van der Waals surface area contributed by atoms with E-state index in [0.717, 1.165) is 18.5 Å². The van der Waals surface area contributed by atoms with Crippen molar-refractivity contribution in [2.45, 2.75) is 12.8 Å². The predicted molar refractivity (Wildman–Crippen MR) is 52.5 cm³/mol. The number of nitrogens with two attached hydrogens (primary N) is 1. The summed E-state index contributed by atoms with van der Waals surface area (Å²) in [5.74, 6) is -0.286. The van der Waals surface area contributed by atoms with Gasteiger partial charge in [-0.3, -0.25) is 0 Å². The Morgan fingerprint density at radius 1 is 1.50 bits per heavy atom. The van der Waals surface area contributed by atoms with Gasteiger partial charge in [-0.05, 0) is 31.5 Å². The molecule has 0 fully saturated rings. The van der Waals surface area contributed by atoms with Gasteiger partial charge in [0.1, 0.15) is 0 Å². The highest BCUT2D eigenvalue weighted by atomic mass is 19.1. The summed E-state index contributed by atoms with van der Waals surface area (Å²) in [6.45, 7) is 0.641. The summed E-state index contributed by atoms with van der Waals surface area (Å²) in [5, 5.41) is 0. The second-order valence-corrected chi connectivity index (χ2v) is 3.19. The summed E-state index contributed by atoms with van der Waals surface area (Å²) >= 11 is 0. The molecule has 74 valence electrons. The lowest BCUT2D eigenvalue weighted by Crippen LogP contribution is -2.02. The Kier molecular flexibility index (Phi) is 2.45. The molecule has 0 aliphatic rings. The van der Waals surface area contributed by atoms with E-state index < -0.39 is 0 Å². The SMILES string of the molecule is NCCCc1cnc2c(F)cccn12. The van der Waals surface area contributed by atoms with Crippen LogP contribution in [-0.4, -0.2) is 15.9 Å². The van der Waals surface area contributed by atoms with Crippen LogP contribution in [0.15, 0.2) is 24.5 Å². The molecule has 2 rings (SSSR count). The minimum absolute atomic E-state index is 0.286. The maximum Gasteiger partial charge on any atom is 0.173 e. The number of pyridine rings is 1. The first-order chi connectivity index (χ1) is 6.83. The number of fused-ring (bicyclic) bond motifs is 1. The van der Waals surface area contributed by atoms with E-state index in [9.17, 15) is 4.39 Å². The van der Waals surface area contributed by atoms with Gasteiger partial charge in [-0.2, -0.15) is 0 Å². The molecule has 0 spiro atoms. The Bertz CT molecular complexity index is 436. The molecule has 0 radical (unpaired) electrons. The summed E-state index contributed by atoms with van der Waals surface area (Å²) < 4.78 is 15.0. The Hall–Kier alpha value is -1.42. The second kappa shape index (κ2) is 3.75. The van der Waals surface area contributed by atoms with Gasteiger partial charge in [-0.1, -0.05) is 0 Å². The smallest absolute Gasteiger partial charge is 0.173 e. The summed E-state index contributed by atoms with van der Waals surface area (Å²) in [6, 6.07) is 3.09. The van der Waals surface area contributed by atoms with Gasteiger partial charge >= 0.3 is 0 Å². The summed E-state index contributed by atoms with van der Waals surface area (Å²) in [6.07, 6.45) is 5.25. The minimum Gasteiger partial charge on any atom is -0.330 e. The number of nitrogens with zero attached hydrogens (tertiary/aromatic N) is 2. The summed E-state index contributed by atoms with van der Waals surface area (Å²) in [5.41, 5.74) is 6.81. The number of hydrogen-bond donors (Lipinski definition) is 1. The van der Waals surface area contributed by atoms with Gasteiger partial charge in [0.2, 0.25) is 0 Å². The highest BCUT2D eigenvalue weighted by molar-refractivity contribution is 5.41. The molecule has 0 unspecified atom stereocenters. The average Bonchev–Trinajstić information content (AvgIpc) is 2.60. The average molecular weight is 193 g/mol. The molecular formula is C10H12FN3. The Morgan fingerprint density at radius 2 is 2.36 bits per heavy atom. The first kappa shape index (κ1) is 9.15. The maximum atomic E-state index is 13.2. The molecule has 2 aromatic rings. The van der Waals surface area contributed by atoms with Gasteiger partial charge in [0.25, 0.3) is 0 Å². The quantitative estimate of drug-likeness (QED) is 0.799. The van der Waals surface area contributed by atoms with Crippen molar-refractivity contribution in [1.29, 1.82) is 0 Å². The van der Waals surface area contributed by atoms with Crippen LogP contribution in [0.2, 0.25) is 0 Å². The lowest BCUT2D eigenvalue weighted by molar-refractivity contribution is 0.629. The number of halogens is 1. The van der Waals surface area contributed by atoms with Crippen molar-refractivity contribution in [1.82, 2.24) is 9.38 Å². The molecular weight excluding hydrogens is 181 g/mol. The summed E-state index contributed by atoms with van der Waals surface area (Å²) in [4.78, 5) is 4.02. The highest BCUT2D eigenvalue weighted by Crippen LogP contribution is 2.11. The number of aryl methyl sites for hydroxylation is 1. The van der Waals surface area contributed by atoms with Crippen molar-refractivity contribution < 1.29 is 4.39 Å². The molecule has 3 nitrogen and oxygen atoms in total. The predicted octanol–water partition coefficient (Wildman–Crippen LogP) is 1.36. The molecule has 14 heavy (non-hydrogen) atoms. The van der Waals surface area contributed by atoms with Crippen molar-refractivity contribution in [3.63, 3.8) is 0 Å². The molecule has 0 amide bonds. The van der Waals surface area contributed by atoms with E-state index in [-0.39, 0.29) is 5.82 Å². The maximum absolute atomic E-state index is 13.2. The van der Waals surface area contributed by atoms with E-state index in [1.807, 2.05) is 6.20 Å². The standard InChI is InChI=1S/C10H12FN3/c11-9-4-2-6-14-8(3-1-5-12)7-13-10(9)14/h2,4,6-7H,1,3,5,12H2. The fraction of sp³-hybridized carbons (Fsp3) is 0.300. The number of hydrogen-bond acceptors (Lipinski definition) is 2. The molecule has 2 heterocycles. The monoisotopic (exact) mass is 193 g/mol. The van der Waals surface area contributed by atoms with E-state index in [2.05, 4.69) is 4.98 Å². The molecule has 2 aromatic heterocycles. The van der Waals surface area contributed by atoms with Gasteiger partial charge in [-0.25, -0.2) is 9.37 Å². The zero-order chi connectivity index (χ0) is 9.97.